The quantitative estimate of drug-likeness (QED) is 0.525. The molecule has 0 aromatic heterocycles. The third kappa shape index (κ3) is 5.83. The predicted octanol–water partition coefficient (Wildman–Crippen LogP) is 4.63. The van der Waals surface area contributed by atoms with Gasteiger partial charge in [0.15, 0.2) is 0 Å². The summed E-state index contributed by atoms with van der Waals surface area (Å²) in [6.45, 7) is 7.46. The Kier molecular flexibility index (Phi) is 6.33. The van der Waals surface area contributed by atoms with Crippen LogP contribution in [-0.4, -0.2) is 18.1 Å². The molecule has 1 aliphatic rings. The molecule has 0 saturated carbocycles. The molecule has 1 aliphatic heterocycles. The summed E-state index contributed by atoms with van der Waals surface area (Å²) in [5, 5.41) is 0. The lowest BCUT2D eigenvalue weighted by Crippen LogP contribution is -2.23. The Balaban J connectivity index is 2.27. The van der Waals surface area contributed by atoms with Crippen molar-refractivity contribution in [3.63, 3.8) is 0 Å². The molecule has 94 valence electrons. The second-order valence-electron chi connectivity index (χ2n) is 5.49. The number of hydrogen-bond acceptors (Lipinski definition) is 2. The zero-order chi connectivity index (χ0) is 11.9. The van der Waals surface area contributed by atoms with Gasteiger partial charge in [-0.25, -0.2) is 0 Å². The Morgan fingerprint density at radius 3 is 2.88 bits per heavy atom. The topological polar surface area (TPSA) is 9.23 Å². The molecule has 1 atom stereocenters. The zero-order valence-electron chi connectivity index (χ0n) is 11.1. The van der Waals surface area contributed by atoms with Crippen LogP contribution in [0.15, 0.2) is 11.8 Å². The van der Waals surface area contributed by atoms with Crippen molar-refractivity contribution < 1.29 is 4.74 Å². The van der Waals surface area contributed by atoms with Crippen molar-refractivity contribution in [2.24, 2.45) is 5.41 Å². The molecule has 0 radical (unpaired) electrons. The number of allylic oxidation sites excluding steroid dienone is 1. The van der Waals surface area contributed by atoms with Gasteiger partial charge in [0.2, 0.25) is 0 Å². The number of thioether (sulfide) groups is 1. The van der Waals surface area contributed by atoms with Crippen molar-refractivity contribution in [3.8, 4) is 0 Å². The lowest BCUT2D eigenvalue weighted by Gasteiger charge is -2.30. The first-order valence-corrected chi connectivity index (χ1v) is 7.61. The van der Waals surface area contributed by atoms with Crippen molar-refractivity contribution in [2.75, 3.05) is 18.1 Å². The molecule has 0 N–H and O–H groups in total. The van der Waals surface area contributed by atoms with Crippen LogP contribution in [-0.2, 0) is 4.74 Å². The Bertz CT molecular complexity index is 211. The van der Waals surface area contributed by atoms with Gasteiger partial charge >= 0.3 is 0 Å². The van der Waals surface area contributed by atoms with Gasteiger partial charge in [0.25, 0.3) is 0 Å². The Morgan fingerprint density at radius 2 is 2.12 bits per heavy atom. The standard InChI is InChI=1S/C14H26OS/c1-13(2)11-15-9-8-14(3)7-5-4-6-10-16-12-14/h11H,4-10,12H2,1-3H3. The minimum atomic E-state index is 0.501. The summed E-state index contributed by atoms with van der Waals surface area (Å²) in [5.74, 6) is 2.66. The monoisotopic (exact) mass is 242 g/mol. The van der Waals surface area contributed by atoms with Crippen LogP contribution in [0.3, 0.4) is 0 Å². The largest absolute Gasteiger partial charge is 0.501 e. The minimum Gasteiger partial charge on any atom is -0.501 e. The Morgan fingerprint density at radius 1 is 1.31 bits per heavy atom. The molecule has 1 nitrogen and oxygen atoms in total. The first kappa shape index (κ1) is 14.0. The SMILES string of the molecule is CC(C)=COCCC1(C)CCCCCSC1. The smallest absolute Gasteiger partial charge is 0.0878 e. The van der Waals surface area contributed by atoms with Crippen LogP contribution in [0, 0.1) is 5.41 Å². The van der Waals surface area contributed by atoms with E-state index in [1.54, 1.807) is 0 Å². The molecule has 1 saturated heterocycles. The maximum absolute atomic E-state index is 5.56. The molecule has 1 heterocycles. The molecule has 2 heteroatoms. The third-order valence-electron chi connectivity index (χ3n) is 3.16. The van der Waals surface area contributed by atoms with E-state index in [9.17, 15) is 0 Å². The van der Waals surface area contributed by atoms with E-state index in [0.29, 0.717) is 5.41 Å². The predicted molar refractivity (Wildman–Crippen MR) is 73.9 cm³/mol. The highest BCUT2D eigenvalue weighted by Crippen LogP contribution is 2.35. The fourth-order valence-electron chi connectivity index (χ4n) is 2.05. The van der Waals surface area contributed by atoms with Crippen LogP contribution in [0.25, 0.3) is 0 Å². The van der Waals surface area contributed by atoms with E-state index in [-0.39, 0.29) is 0 Å². The molecule has 1 fully saturated rings. The minimum absolute atomic E-state index is 0.501. The Hall–Kier alpha value is -0.110. The Labute approximate surface area is 105 Å². The van der Waals surface area contributed by atoms with Gasteiger partial charge in [-0.1, -0.05) is 19.8 Å². The highest BCUT2D eigenvalue weighted by Gasteiger charge is 2.24. The molecule has 1 unspecified atom stereocenters. The number of ether oxygens (including phenoxy) is 1. The highest BCUT2D eigenvalue weighted by atomic mass is 32.2. The number of hydrogen-bond donors (Lipinski definition) is 0. The summed E-state index contributed by atoms with van der Waals surface area (Å²) < 4.78 is 5.56. The second kappa shape index (κ2) is 7.26. The molecule has 1 rings (SSSR count). The summed E-state index contributed by atoms with van der Waals surface area (Å²) in [6.07, 6.45) is 8.69. The molecule has 0 spiro atoms. The van der Waals surface area contributed by atoms with Crippen LogP contribution >= 0.6 is 11.8 Å². The molecule has 0 amide bonds. The second-order valence-corrected chi connectivity index (χ2v) is 6.60. The van der Waals surface area contributed by atoms with Crippen LogP contribution < -0.4 is 0 Å². The normalized spacial score (nSPS) is 26.7. The molecule has 0 aromatic carbocycles. The average Bonchev–Trinajstić information content (AvgIpc) is 2.19. The third-order valence-corrected chi connectivity index (χ3v) is 4.64. The van der Waals surface area contributed by atoms with E-state index in [2.05, 4.69) is 32.5 Å². The van der Waals surface area contributed by atoms with Crippen molar-refractivity contribution in [1.82, 2.24) is 0 Å². The molecule has 0 bridgehead atoms. The fraction of sp³-hybridized carbons (Fsp3) is 0.857. The van der Waals surface area contributed by atoms with Crippen LogP contribution in [0.1, 0.15) is 52.9 Å². The van der Waals surface area contributed by atoms with E-state index in [4.69, 9.17) is 4.74 Å². The van der Waals surface area contributed by atoms with Gasteiger partial charge in [0, 0.05) is 0 Å². The van der Waals surface area contributed by atoms with Crippen LogP contribution in [0.2, 0.25) is 0 Å². The summed E-state index contributed by atoms with van der Waals surface area (Å²) in [4.78, 5) is 0. The van der Waals surface area contributed by atoms with Crippen molar-refractivity contribution in [1.29, 1.82) is 0 Å². The van der Waals surface area contributed by atoms with Crippen LogP contribution in [0.5, 0.6) is 0 Å². The molecule has 0 aromatic rings. The summed E-state index contributed by atoms with van der Waals surface area (Å²) in [6, 6.07) is 0. The fourth-order valence-corrected chi connectivity index (χ4v) is 3.39. The first-order chi connectivity index (χ1) is 7.62. The van der Waals surface area contributed by atoms with Gasteiger partial charge in [-0.05, 0) is 55.6 Å². The number of rotatable bonds is 4. The lowest BCUT2D eigenvalue weighted by atomic mass is 9.83. The molecule has 16 heavy (non-hydrogen) atoms. The average molecular weight is 242 g/mol. The molecular formula is C14H26OS. The summed E-state index contributed by atoms with van der Waals surface area (Å²) >= 11 is 2.13. The van der Waals surface area contributed by atoms with Gasteiger partial charge in [0.1, 0.15) is 0 Å². The van der Waals surface area contributed by atoms with Crippen molar-refractivity contribution in [3.05, 3.63) is 11.8 Å². The maximum atomic E-state index is 5.56. The van der Waals surface area contributed by atoms with E-state index in [0.717, 1.165) is 6.61 Å². The van der Waals surface area contributed by atoms with E-state index >= 15 is 0 Å². The first-order valence-electron chi connectivity index (χ1n) is 6.45. The van der Waals surface area contributed by atoms with E-state index in [1.807, 2.05) is 6.26 Å². The summed E-state index contributed by atoms with van der Waals surface area (Å²) in [7, 11) is 0. The van der Waals surface area contributed by atoms with Crippen LogP contribution in [0.4, 0.5) is 0 Å². The van der Waals surface area contributed by atoms with Gasteiger partial charge in [-0.15, -0.1) is 0 Å². The van der Waals surface area contributed by atoms with Gasteiger partial charge in [-0.2, -0.15) is 11.8 Å². The summed E-state index contributed by atoms with van der Waals surface area (Å²) in [5.41, 5.74) is 1.75. The van der Waals surface area contributed by atoms with E-state index < -0.39 is 0 Å². The highest BCUT2D eigenvalue weighted by molar-refractivity contribution is 7.99. The van der Waals surface area contributed by atoms with Crippen molar-refractivity contribution in [2.45, 2.75) is 52.9 Å². The lowest BCUT2D eigenvalue weighted by molar-refractivity contribution is 0.178. The van der Waals surface area contributed by atoms with Gasteiger partial charge in [0.05, 0.1) is 12.9 Å². The van der Waals surface area contributed by atoms with E-state index in [1.165, 1.54) is 49.2 Å². The molecular weight excluding hydrogens is 216 g/mol. The van der Waals surface area contributed by atoms with Crippen molar-refractivity contribution >= 4 is 11.8 Å². The molecule has 0 aliphatic carbocycles. The van der Waals surface area contributed by atoms with Gasteiger partial charge in [-0.3, -0.25) is 0 Å². The zero-order valence-corrected chi connectivity index (χ0v) is 11.9. The van der Waals surface area contributed by atoms with Gasteiger partial charge < -0.3 is 4.74 Å². The maximum Gasteiger partial charge on any atom is 0.0878 e.